The van der Waals surface area contributed by atoms with Crippen molar-refractivity contribution in [2.24, 2.45) is 0 Å². The maximum absolute atomic E-state index is 12.5. The summed E-state index contributed by atoms with van der Waals surface area (Å²) >= 11 is 5.88. The largest absolute Gasteiger partial charge is 0.494 e. The Kier molecular flexibility index (Phi) is 5.22. The Bertz CT molecular complexity index is 883. The Hall–Kier alpha value is -1.76. The predicted octanol–water partition coefficient (Wildman–Crippen LogP) is 3.54. The third-order valence-electron chi connectivity index (χ3n) is 3.94. The monoisotopic (exact) mass is 381 g/mol. The van der Waals surface area contributed by atoms with Gasteiger partial charge in [-0.2, -0.15) is 0 Å². The summed E-state index contributed by atoms with van der Waals surface area (Å²) in [7, 11) is -3.67. The highest BCUT2D eigenvalue weighted by atomic mass is 35.5. The number of nitrogens with one attached hydrogen (secondary N) is 1. The molecule has 3 rings (SSSR count). The van der Waals surface area contributed by atoms with Gasteiger partial charge in [-0.3, -0.25) is 0 Å². The molecule has 0 aromatic heterocycles. The van der Waals surface area contributed by atoms with Gasteiger partial charge in [0.1, 0.15) is 17.6 Å². The number of sulfonamides is 1. The fourth-order valence-electron chi connectivity index (χ4n) is 2.80. The highest BCUT2D eigenvalue weighted by Crippen LogP contribution is 2.35. The number of rotatable bonds is 6. The van der Waals surface area contributed by atoms with Crippen LogP contribution in [0.2, 0.25) is 5.02 Å². The molecule has 0 fully saturated rings. The van der Waals surface area contributed by atoms with Crippen LogP contribution in [0, 0.1) is 0 Å². The molecule has 1 atom stereocenters. The van der Waals surface area contributed by atoms with Crippen LogP contribution in [0.25, 0.3) is 0 Å². The highest BCUT2D eigenvalue weighted by Gasteiger charge is 2.23. The van der Waals surface area contributed by atoms with Crippen LogP contribution in [-0.2, 0) is 23.0 Å². The van der Waals surface area contributed by atoms with Crippen LogP contribution in [-0.4, -0.2) is 21.1 Å². The molecule has 0 amide bonds. The van der Waals surface area contributed by atoms with E-state index in [0.29, 0.717) is 17.4 Å². The first kappa shape index (κ1) is 18.0. The standard InChI is InChI=1S/C18H20ClNO4S/c1-3-23-17-8-13-7-12(2)24-18(13)9-14(17)11-20-25(21,22)16-6-4-5-15(19)10-16/h4-6,8-10,12,20H,3,7,11H2,1-2H3/t12-/m1/s1. The van der Waals surface area contributed by atoms with Crippen molar-refractivity contribution >= 4 is 21.6 Å². The second-order valence-corrected chi connectivity index (χ2v) is 8.12. The normalized spacial score (nSPS) is 16.4. The molecular weight excluding hydrogens is 362 g/mol. The van der Waals surface area contributed by atoms with E-state index in [9.17, 15) is 8.42 Å². The molecule has 5 nitrogen and oxygen atoms in total. The van der Waals surface area contributed by atoms with Crippen LogP contribution in [0.1, 0.15) is 25.0 Å². The molecule has 1 aliphatic rings. The Morgan fingerprint density at radius 2 is 2.12 bits per heavy atom. The fraction of sp³-hybridized carbons (Fsp3) is 0.333. The van der Waals surface area contributed by atoms with Crippen LogP contribution >= 0.6 is 11.6 Å². The molecule has 1 N–H and O–H groups in total. The van der Waals surface area contributed by atoms with Gasteiger partial charge in [0.2, 0.25) is 10.0 Å². The van der Waals surface area contributed by atoms with Crippen molar-refractivity contribution < 1.29 is 17.9 Å². The molecule has 0 radical (unpaired) electrons. The first-order valence-corrected chi connectivity index (χ1v) is 9.95. The van der Waals surface area contributed by atoms with Crippen molar-refractivity contribution in [1.29, 1.82) is 0 Å². The average Bonchev–Trinajstić information content (AvgIpc) is 2.92. The van der Waals surface area contributed by atoms with E-state index < -0.39 is 10.0 Å². The van der Waals surface area contributed by atoms with Gasteiger partial charge in [0.25, 0.3) is 0 Å². The molecule has 0 saturated heterocycles. The molecular formula is C18H20ClNO4S. The van der Waals surface area contributed by atoms with Gasteiger partial charge in [-0.05, 0) is 44.2 Å². The number of benzene rings is 2. The lowest BCUT2D eigenvalue weighted by molar-refractivity contribution is 0.254. The van der Waals surface area contributed by atoms with E-state index in [4.69, 9.17) is 21.1 Å². The van der Waals surface area contributed by atoms with E-state index in [2.05, 4.69) is 4.72 Å². The zero-order valence-electron chi connectivity index (χ0n) is 14.1. The molecule has 0 spiro atoms. The molecule has 1 aliphatic heterocycles. The zero-order valence-corrected chi connectivity index (χ0v) is 15.7. The molecule has 0 unspecified atom stereocenters. The van der Waals surface area contributed by atoms with Crippen molar-refractivity contribution in [1.82, 2.24) is 4.72 Å². The summed E-state index contributed by atoms with van der Waals surface area (Å²) < 4.78 is 39.0. The highest BCUT2D eigenvalue weighted by molar-refractivity contribution is 7.89. The molecule has 0 aliphatic carbocycles. The lowest BCUT2D eigenvalue weighted by atomic mass is 10.1. The molecule has 7 heteroatoms. The molecule has 0 bridgehead atoms. The minimum Gasteiger partial charge on any atom is -0.494 e. The maximum atomic E-state index is 12.5. The van der Waals surface area contributed by atoms with Crippen LogP contribution in [0.5, 0.6) is 11.5 Å². The molecule has 1 heterocycles. The van der Waals surface area contributed by atoms with Crippen molar-refractivity contribution in [3.05, 3.63) is 52.5 Å². The minimum absolute atomic E-state index is 0.106. The van der Waals surface area contributed by atoms with Gasteiger partial charge in [0.15, 0.2) is 0 Å². The number of halogens is 1. The van der Waals surface area contributed by atoms with Gasteiger partial charge in [-0.25, -0.2) is 13.1 Å². The van der Waals surface area contributed by atoms with E-state index in [-0.39, 0.29) is 17.5 Å². The summed E-state index contributed by atoms with van der Waals surface area (Å²) in [6.07, 6.45) is 0.937. The summed E-state index contributed by atoms with van der Waals surface area (Å²) in [5, 5.41) is 0.373. The van der Waals surface area contributed by atoms with Gasteiger partial charge < -0.3 is 9.47 Å². The van der Waals surface area contributed by atoms with E-state index in [1.807, 2.05) is 26.0 Å². The van der Waals surface area contributed by atoms with Crippen LogP contribution < -0.4 is 14.2 Å². The topological polar surface area (TPSA) is 64.6 Å². The Morgan fingerprint density at radius 3 is 2.84 bits per heavy atom. The minimum atomic E-state index is -3.67. The van der Waals surface area contributed by atoms with E-state index in [1.165, 1.54) is 12.1 Å². The SMILES string of the molecule is CCOc1cc2c(cc1CNS(=O)(=O)c1cccc(Cl)c1)O[C@H](C)C2. The smallest absolute Gasteiger partial charge is 0.240 e. The third-order valence-corrected chi connectivity index (χ3v) is 5.57. The summed E-state index contributed by atoms with van der Waals surface area (Å²) in [4.78, 5) is 0.129. The van der Waals surface area contributed by atoms with Crippen molar-refractivity contribution in [3.8, 4) is 11.5 Å². The van der Waals surface area contributed by atoms with Crippen LogP contribution in [0.4, 0.5) is 0 Å². The summed E-state index contributed by atoms with van der Waals surface area (Å²) in [6, 6.07) is 9.95. The second-order valence-electron chi connectivity index (χ2n) is 5.92. The van der Waals surface area contributed by atoms with Crippen LogP contribution in [0.15, 0.2) is 41.3 Å². The van der Waals surface area contributed by atoms with Gasteiger partial charge in [-0.1, -0.05) is 17.7 Å². The first-order chi connectivity index (χ1) is 11.9. The van der Waals surface area contributed by atoms with E-state index in [0.717, 1.165) is 23.3 Å². The Labute approximate surface area is 153 Å². The van der Waals surface area contributed by atoms with Crippen molar-refractivity contribution in [2.45, 2.75) is 37.8 Å². The molecule has 2 aromatic carbocycles. The zero-order chi connectivity index (χ0) is 18.0. The Balaban J connectivity index is 1.84. The first-order valence-electron chi connectivity index (χ1n) is 8.09. The maximum Gasteiger partial charge on any atom is 0.240 e. The van der Waals surface area contributed by atoms with E-state index in [1.54, 1.807) is 12.1 Å². The van der Waals surface area contributed by atoms with Gasteiger partial charge in [0.05, 0.1) is 11.5 Å². The third kappa shape index (κ3) is 4.08. The number of hydrogen-bond acceptors (Lipinski definition) is 4. The number of hydrogen-bond donors (Lipinski definition) is 1. The fourth-order valence-corrected chi connectivity index (χ4v) is 4.11. The van der Waals surface area contributed by atoms with Gasteiger partial charge in [-0.15, -0.1) is 0 Å². The summed E-state index contributed by atoms with van der Waals surface area (Å²) in [5.74, 6) is 1.46. The average molecular weight is 382 g/mol. The van der Waals surface area contributed by atoms with Gasteiger partial charge >= 0.3 is 0 Å². The number of fused-ring (bicyclic) bond motifs is 1. The lowest BCUT2D eigenvalue weighted by Gasteiger charge is -2.13. The predicted molar refractivity (Wildman–Crippen MR) is 96.9 cm³/mol. The Morgan fingerprint density at radius 1 is 1.32 bits per heavy atom. The molecule has 0 saturated carbocycles. The van der Waals surface area contributed by atoms with Crippen molar-refractivity contribution in [2.75, 3.05) is 6.61 Å². The quantitative estimate of drug-likeness (QED) is 0.831. The van der Waals surface area contributed by atoms with Gasteiger partial charge in [0, 0.05) is 29.1 Å². The van der Waals surface area contributed by atoms with Crippen LogP contribution in [0.3, 0.4) is 0 Å². The molecule has 25 heavy (non-hydrogen) atoms. The summed E-state index contributed by atoms with van der Waals surface area (Å²) in [6.45, 7) is 4.51. The second kappa shape index (κ2) is 7.23. The number of ether oxygens (including phenoxy) is 2. The van der Waals surface area contributed by atoms with E-state index >= 15 is 0 Å². The molecule has 2 aromatic rings. The molecule has 134 valence electrons. The summed E-state index contributed by atoms with van der Waals surface area (Å²) in [5.41, 5.74) is 1.82. The van der Waals surface area contributed by atoms with Crippen molar-refractivity contribution in [3.63, 3.8) is 0 Å². The lowest BCUT2D eigenvalue weighted by Crippen LogP contribution is -2.23.